The molecule has 1 aliphatic heterocycles. The molecule has 2 heterocycles. The highest BCUT2D eigenvalue weighted by atomic mass is 32.1. The zero-order chi connectivity index (χ0) is 18.1. The van der Waals surface area contributed by atoms with Gasteiger partial charge in [-0.3, -0.25) is 9.59 Å². The van der Waals surface area contributed by atoms with Crippen LogP contribution in [0, 0.1) is 0 Å². The topological polar surface area (TPSA) is 62.3 Å². The van der Waals surface area contributed by atoms with Crippen molar-refractivity contribution in [3.63, 3.8) is 0 Å². The van der Waals surface area contributed by atoms with E-state index < -0.39 is 0 Å². The third-order valence-corrected chi connectivity index (χ3v) is 5.27. The van der Waals surface area contributed by atoms with Gasteiger partial charge >= 0.3 is 0 Å². The molecule has 0 unspecified atom stereocenters. The summed E-state index contributed by atoms with van der Waals surface area (Å²) in [7, 11) is 0. The van der Waals surface area contributed by atoms with E-state index in [4.69, 9.17) is 0 Å². The predicted octanol–water partition coefficient (Wildman–Crippen LogP) is 3.97. The third kappa shape index (κ3) is 3.11. The summed E-state index contributed by atoms with van der Waals surface area (Å²) < 4.78 is 0. The number of carbonyl (C=O) groups is 2. The average molecular weight is 363 g/mol. The number of aromatic nitrogens is 1. The maximum atomic E-state index is 12.5. The fourth-order valence-corrected chi connectivity index (χ4v) is 3.88. The van der Waals surface area contributed by atoms with Crippen LogP contribution in [-0.4, -0.2) is 23.3 Å². The van der Waals surface area contributed by atoms with Crippen molar-refractivity contribution in [1.29, 1.82) is 0 Å². The number of amides is 2. The number of rotatable bonds is 3. The highest BCUT2D eigenvalue weighted by Gasteiger charge is 2.22. The average Bonchev–Trinajstić information content (AvgIpc) is 3.29. The van der Waals surface area contributed by atoms with Crippen molar-refractivity contribution in [2.45, 2.75) is 13.3 Å². The van der Waals surface area contributed by atoms with Crippen LogP contribution in [0.3, 0.4) is 0 Å². The summed E-state index contributed by atoms with van der Waals surface area (Å²) in [5, 5.41) is 5.45. The Morgan fingerprint density at radius 2 is 1.96 bits per heavy atom. The lowest BCUT2D eigenvalue weighted by Gasteiger charge is -2.15. The molecule has 0 fully saturated rings. The standard InChI is InChI=1S/C20H17N3O2S/c1-13(24)23-10-9-14-7-8-16(11-18(14)23)21-19(25)17-12-26-20(22-17)15-5-3-2-4-6-15/h2-8,11-12H,9-10H2,1H3,(H,21,25). The Kier molecular flexibility index (Phi) is 4.26. The van der Waals surface area contributed by atoms with Gasteiger partial charge in [0.1, 0.15) is 10.7 Å². The Bertz CT molecular complexity index is 982. The summed E-state index contributed by atoms with van der Waals surface area (Å²) in [6, 6.07) is 15.5. The molecule has 2 aromatic carbocycles. The quantitative estimate of drug-likeness (QED) is 0.766. The molecular formula is C20H17N3O2S. The maximum Gasteiger partial charge on any atom is 0.275 e. The molecule has 3 aromatic rings. The number of fused-ring (bicyclic) bond motifs is 1. The number of nitrogens with zero attached hydrogens (tertiary/aromatic N) is 2. The first-order chi connectivity index (χ1) is 12.6. The minimum absolute atomic E-state index is 0.0132. The Morgan fingerprint density at radius 3 is 2.73 bits per heavy atom. The van der Waals surface area contributed by atoms with E-state index in [2.05, 4.69) is 10.3 Å². The lowest BCUT2D eigenvalue weighted by molar-refractivity contribution is -0.116. The van der Waals surface area contributed by atoms with Gasteiger partial charge < -0.3 is 10.2 Å². The van der Waals surface area contributed by atoms with E-state index in [1.54, 1.807) is 17.2 Å². The van der Waals surface area contributed by atoms with Gasteiger partial charge in [-0.1, -0.05) is 36.4 Å². The van der Waals surface area contributed by atoms with Crippen molar-refractivity contribution in [2.75, 3.05) is 16.8 Å². The van der Waals surface area contributed by atoms with Crippen molar-refractivity contribution in [3.05, 3.63) is 65.2 Å². The van der Waals surface area contributed by atoms with E-state index in [0.29, 0.717) is 17.9 Å². The Hall–Kier alpha value is -2.99. The maximum absolute atomic E-state index is 12.5. The van der Waals surface area contributed by atoms with Crippen LogP contribution in [-0.2, 0) is 11.2 Å². The molecule has 1 N–H and O–H groups in total. The fourth-order valence-electron chi connectivity index (χ4n) is 3.07. The van der Waals surface area contributed by atoms with Crippen molar-refractivity contribution in [1.82, 2.24) is 4.98 Å². The molecule has 26 heavy (non-hydrogen) atoms. The predicted molar refractivity (Wildman–Crippen MR) is 104 cm³/mol. The molecule has 2 amide bonds. The van der Waals surface area contributed by atoms with E-state index >= 15 is 0 Å². The second kappa shape index (κ2) is 6.72. The van der Waals surface area contributed by atoms with E-state index in [0.717, 1.165) is 28.2 Å². The summed E-state index contributed by atoms with van der Waals surface area (Å²) in [4.78, 5) is 30.4. The first-order valence-corrected chi connectivity index (χ1v) is 9.23. The summed E-state index contributed by atoms with van der Waals surface area (Å²) in [5.41, 5.74) is 4.04. The monoisotopic (exact) mass is 363 g/mol. The highest BCUT2D eigenvalue weighted by molar-refractivity contribution is 7.13. The van der Waals surface area contributed by atoms with Crippen molar-refractivity contribution >= 4 is 34.5 Å². The number of thiazole rings is 1. The highest BCUT2D eigenvalue weighted by Crippen LogP contribution is 2.31. The van der Waals surface area contributed by atoms with Crippen LogP contribution in [0.2, 0.25) is 0 Å². The van der Waals surface area contributed by atoms with E-state index in [-0.39, 0.29) is 11.8 Å². The molecule has 6 heteroatoms. The lowest BCUT2D eigenvalue weighted by atomic mass is 10.1. The normalized spacial score (nSPS) is 12.7. The smallest absolute Gasteiger partial charge is 0.275 e. The van der Waals surface area contributed by atoms with Crippen molar-refractivity contribution in [2.24, 2.45) is 0 Å². The van der Waals surface area contributed by atoms with Gasteiger partial charge in [-0.05, 0) is 24.1 Å². The molecule has 0 aliphatic carbocycles. The van der Waals surface area contributed by atoms with Crippen LogP contribution >= 0.6 is 11.3 Å². The molecule has 130 valence electrons. The van der Waals surface area contributed by atoms with Gasteiger partial charge in [0.2, 0.25) is 5.91 Å². The lowest BCUT2D eigenvalue weighted by Crippen LogP contribution is -2.25. The van der Waals surface area contributed by atoms with E-state index in [9.17, 15) is 9.59 Å². The van der Waals surface area contributed by atoms with Crippen molar-refractivity contribution in [3.8, 4) is 10.6 Å². The number of nitrogens with one attached hydrogen (secondary N) is 1. The van der Waals surface area contributed by atoms with Crippen LogP contribution < -0.4 is 10.2 Å². The number of hydrogen-bond donors (Lipinski definition) is 1. The number of benzene rings is 2. The molecule has 0 atom stereocenters. The van der Waals surface area contributed by atoms with Crippen LogP contribution in [0.1, 0.15) is 23.0 Å². The third-order valence-electron chi connectivity index (χ3n) is 4.38. The van der Waals surface area contributed by atoms with Gasteiger partial charge in [0.15, 0.2) is 0 Å². The summed E-state index contributed by atoms with van der Waals surface area (Å²) >= 11 is 1.44. The fraction of sp³-hybridized carbons (Fsp3) is 0.150. The van der Waals surface area contributed by atoms with Gasteiger partial charge in [0.05, 0.1) is 0 Å². The van der Waals surface area contributed by atoms with E-state index in [1.165, 1.54) is 11.3 Å². The number of hydrogen-bond acceptors (Lipinski definition) is 4. The van der Waals surface area contributed by atoms with Gasteiger partial charge in [0, 0.05) is 35.8 Å². The summed E-state index contributed by atoms with van der Waals surface area (Å²) in [5.74, 6) is -0.241. The molecule has 5 nitrogen and oxygen atoms in total. The molecule has 0 bridgehead atoms. The molecule has 0 saturated heterocycles. The molecule has 0 saturated carbocycles. The SMILES string of the molecule is CC(=O)N1CCc2ccc(NC(=O)c3csc(-c4ccccc4)n3)cc21. The summed E-state index contributed by atoms with van der Waals surface area (Å²) in [6.07, 6.45) is 0.843. The van der Waals surface area contributed by atoms with Gasteiger partial charge in [-0.15, -0.1) is 11.3 Å². The second-order valence-corrected chi connectivity index (χ2v) is 6.98. The first-order valence-electron chi connectivity index (χ1n) is 8.35. The molecule has 1 aromatic heterocycles. The molecule has 4 rings (SSSR count). The number of carbonyl (C=O) groups excluding carboxylic acids is 2. The largest absolute Gasteiger partial charge is 0.321 e. The second-order valence-electron chi connectivity index (χ2n) is 6.12. The minimum Gasteiger partial charge on any atom is -0.321 e. The van der Waals surface area contributed by atoms with Gasteiger partial charge in [0.25, 0.3) is 5.91 Å². The number of anilines is 2. The van der Waals surface area contributed by atoms with Gasteiger partial charge in [-0.2, -0.15) is 0 Å². The summed E-state index contributed by atoms with van der Waals surface area (Å²) in [6.45, 7) is 2.25. The zero-order valence-corrected chi connectivity index (χ0v) is 15.0. The molecular weight excluding hydrogens is 346 g/mol. The van der Waals surface area contributed by atoms with Gasteiger partial charge in [-0.25, -0.2) is 4.98 Å². The molecule has 1 aliphatic rings. The molecule has 0 spiro atoms. The Morgan fingerprint density at radius 1 is 1.15 bits per heavy atom. The zero-order valence-electron chi connectivity index (χ0n) is 14.2. The molecule has 0 radical (unpaired) electrons. The van der Waals surface area contributed by atoms with Crippen LogP contribution in [0.25, 0.3) is 10.6 Å². The van der Waals surface area contributed by atoms with Crippen LogP contribution in [0.15, 0.2) is 53.9 Å². The van der Waals surface area contributed by atoms with E-state index in [1.807, 2.05) is 48.5 Å². The Labute approximate surface area is 155 Å². The van der Waals surface area contributed by atoms with Crippen molar-refractivity contribution < 1.29 is 9.59 Å². The Balaban J connectivity index is 1.53. The van der Waals surface area contributed by atoms with Crippen LogP contribution in [0.5, 0.6) is 0 Å². The van der Waals surface area contributed by atoms with Crippen LogP contribution in [0.4, 0.5) is 11.4 Å². The minimum atomic E-state index is -0.254. The first kappa shape index (κ1) is 16.5.